The number of carbonyl (C=O) groups is 1. The molecular weight excluding hydrogens is 286 g/mol. The van der Waals surface area contributed by atoms with Gasteiger partial charge in [-0.2, -0.15) is 0 Å². The zero-order valence-corrected chi connectivity index (χ0v) is 13.3. The van der Waals surface area contributed by atoms with Crippen molar-refractivity contribution < 1.29 is 9.53 Å². The van der Waals surface area contributed by atoms with Crippen molar-refractivity contribution in [2.24, 2.45) is 0 Å². The molecule has 5 nitrogen and oxygen atoms in total. The molecule has 0 aliphatic rings. The first-order valence-corrected chi connectivity index (χ1v) is 7.70. The Hall–Kier alpha value is -1.95. The second kappa shape index (κ2) is 7.17. The van der Waals surface area contributed by atoms with Gasteiger partial charge in [-0.3, -0.25) is 9.78 Å². The zero-order valence-electron chi connectivity index (χ0n) is 12.5. The molecule has 2 heterocycles. The van der Waals surface area contributed by atoms with Crippen molar-refractivity contribution in [3.63, 3.8) is 0 Å². The van der Waals surface area contributed by atoms with Gasteiger partial charge >= 0.3 is 5.97 Å². The highest BCUT2D eigenvalue weighted by atomic mass is 32.1. The van der Waals surface area contributed by atoms with Crippen molar-refractivity contribution in [3.05, 3.63) is 40.7 Å². The van der Waals surface area contributed by atoms with Crippen LogP contribution in [-0.4, -0.2) is 29.6 Å². The van der Waals surface area contributed by atoms with Gasteiger partial charge in [-0.15, -0.1) is 11.3 Å². The molecule has 0 bridgehead atoms. The third-order valence-corrected chi connectivity index (χ3v) is 3.85. The van der Waals surface area contributed by atoms with Crippen molar-refractivity contribution >= 4 is 22.4 Å². The van der Waals surface area contributed by atoms with Crippen LogP contribution < -0.4 is 4.90 Å². The number of aromatic nitrogens is 2. The van der Waals surface area contributed by atoms with Gasteiger partial charge in [0.15, 0.2) is 5.13 Å². The first-order valence-electron chi connectivity index (χ1n) is 6.82. The number of thiazole rings is 1. The van der Waals surface area contributed by atoms with Gasteiger partial charge in [-0.25, -0.2) is 4.98 Å². The molecule has 6 heteroatoms. The molecule has 2 aromatic rings. The molecular formula is C15H19N3O2S. The Bertz CT molecular complexity index is 612. The number of ether oxygens (including phenoxy) is 1. The Morgan fingerprint density at radius 1 is 1.33 bits per heavy atom. The quantitative estimate of drug-likeness (QED) is 0.768. The number of anilines is 1. The standard InChI is InChI=1S/C15H19N3O2S/c1-4-20-14(19)8-13-10-21-15(17-13)18(3)9-12-7-5-6-11(2)16-12/h5-7,10H,4,8-9H2,1-3H3. The number of carbonyl (C=O) groups excluding carboxylic acids is 1. The monoisotopic (exact) mass is 305 g/mol. The second-order valence-electron chi connectivity index (χ2n) is 4.73. The van der Waals surface area contributed by atoms with Crippen LogP contribution in [-0.2, 0) is 22.5 Å². The third kappa shape index (κ3) is 4.53. The van der Waals surface area contributed by atoms with E-state index in [0.29, 0.717) is 13.2 Å². The van der Waals surface area contributed by atoms with Crippen molar-refractivity contribution in [2.45, 2.75) is 26.8 Å². The maximum absolute atomic E-state index is 11.4. The summed E-state index contributed by atoms with van der Waals surface area (Å²) in [6.07, 6.45) is 0.223. The number of hydrogen-bond donors (Lipinski definition) is 0. The van der Waals surface area contributed by atoms with Gasteiger partial charge < -0.3 is 9.64 Å². The van der Waals surface area contributed by atoms with Crippen LogP contribution in [0.4, 0.5) is 5.13 Å². The molecule has 2 aromatic heterocycles. The molecule has 112 valence electrons. The van der Waals surface area contributed by atoms with Gasteiger partial charge in [0, 0.05) is 18.1 Å². The fourth-order valence-corrected chi connectivity index (χ4v) is 2.70. The molecule has 0 aliphatic heterocycles. The molecule has 21 heavy (non-hydrogen) atoms. The minimum Gasteiger partial charge on any atom is -0.466 e. The maximum atomic E-state index is 11.4. The molecule has 0 aromatic carbocycles. The predicted molar refractivity (Wildman–Crippen MR) is 83.5 cm³/mol. The van der Waals surface area contributed by atoms with Gasteiger partial charge in [0.25, 0.3) is 0 Å². The van der Waals surface area contributed by atoms with E-state index in [0.717, 1.165) is 22.2 Å². The van der Waals surface area contributed by atoms with Crippen LogP contribution in [0.2, 0.25) is 0 Å². The van der Waals surface area contributed by atoms with E-state index in [9.17, 15) is 4.79 Å². The lowest BCUT2D eigenvalue weighted by Gasteiger charge is -2.15. The van der Waals surface area contributed by atoms with Crippen LogP contribution >= 0.6 is 11.3 Å². The number of pyridine rings is 1. The van der Waals surface area contributed by atoms with Gasteiger partial charge in [0.05, 0.1) is 31.0 Å². The minimum atomic E-state index is -0.239. The van der Waals surface area contributed by atoms with Crippen LogP contribution in [0.1, 0.15) is 24.0 Å². The number of esters is 1. The van der Waals surface area contributed by atoms with Crippen LogP contribution in [0.3, 0.4) is 0 Å². The van der Waals surface area contributed by atoms with E-state index in [1.807, 2.05) is 42.5 Å². The Morgan fingerprint density at radius 2 is 2.14 bits per heavy atom. The highest BCUT2D eigenvalue weighted by Gasteiger charge is 2.11. The zero-order chi connectivity index (χ0) is 15.2. The molecule has 0 atom stereocenters. The fraction of sp³-hybridized carbons (Fsp3) is 0.400. The van der Waals surface area contributed by atoms with Crippen LogP contribution in [0.25, 0.3) is 0 Å². The third-order valence-electron chi connectivity index (χ3n) is 2.84. The van der Waals surface area contributed by atoms with Gasteiger partial charge in [-0.1, -0.05) is 6.07 Å². The number of hydrogen-bond acceptors (Lipinski definition) is 6. The minimum absolute atomic E-state index is 0.223. The van der Waals surface area contributed by atoms with Crippen molar-refractivity contribution in [2.75, 3.05) is 18.6 Å². The van der Waals surface area contributed by atoms with Crippen LogP contribution in [0, 0.1) is 6.92 Å². The first-order chi connectivity index (χ1) is 10.1. The topological polar surface area (TPSA) is 55.3 Å². The Labute approximate surface area is 128 Å². The SMILES string of the molecule is CCOC(=O)Cc1csc(N(C)Cc2cccc(C)n2)n1. The molecule has 0 N–H and O–H groups in total. The first kappa shape index (κ1) is 15.4. The van der Waals surface area contributed by atoms with Gasteiger partial charge in [0.1, 0.15) is 0 Å². The van der Waals surface area contributed by atoms with E-state index in [1.165, 1.54) is 11.3 Å². The number of rotatable bonds is 6. The van der Waals surface area contributed by atoms with E-state index in [-0.39, 0.29) is 12.4 Å². The lowest BCUT2D eigenvalue weighted by molar-refractivity contribution is -0.142. The Balaban J connectivity index is 1.98. The average molecular weight is 305 g/mol. The molecule has 0 amide bonds. The van der Waals surface area contributed by atoms with Gasteiger partial charge in [-0.05, 0) is 26.0 Å². The summed E-state index contributed by atoms with van der Waals surface area (Å²) in [6.45, 7) is 4.86. The number of aryl methyl sites for hydroxylation is 1. The molecule has 0 spiro atoms. The smallest absolute Gasteiger partial charge is 0.311 e. The summed E-state index contributed by atoms with van der Waals surface area (Å²) in [7, 11) is 1.97. The predicted octanol–water partition coefficient (Wildman–Crippen LogP) is 2.59. The summed E-state index contributed by atoms with van der Waals surface area (Å²) in [5.74, 6) is -0.239. The molecule has 0 unspecified atom stereocenters. The van der Waals surface area contributed by atoms with E-state index >= 15 is 0 Å². The van der Waals surface area contributed by atoms with Gasteiger partial charge in [0.2, 0.25) is 0 Å². The molecule has 0 saturated heterocycles. The lowest BCUT2D eigenvalue weighted by Crippen LogP contribution is -2.17. The molecule has 0 fully saturated rings. The Morgan fingerprint density at radius 3 is 2.86 bits per heavy atom. The maximum Gasteiger partial charge on any atom is 0.311 e. The number of nitrogens with zero attached hydrogens (tertiary/aromatic N) is 3. The van der Waals surface area contributed by atoms with Crippen LogP contribution in [0.5, 0.6) is 0 Å². The molecule has 0 aliphatic carbocycles. The summed E-state index contributed by atoms with van der Waals surface area (Å²) < 4.78 is 4.93. The van der Waals surface area contributed by atoms with E-state index < -0.39 is 0 Å². The summed E-state index contributed by atoms with van der Waals surface area (Å²) in [5.41, 5.74) is 2.75. The van der Waals surface area contributed by atoms with E-state index in [4.69, 9.17) is 4.74 Å². The highest BCUT2D eigenvalue weighted by molar-refractivity contribution is 7.13. The second-order valence-corrected chi connectivity index (χ2v) is 5.57. The van der Waals surface area contributed by atoms with E-state index in [1.54, 1.807) is 6.92 Å². The summed E-state index contributed by atoms with van der Waals surface area (Å²) >= 11 is 1.52. The molecule has 0 radical (unpaired) electrons. The lowest BCUT2D eigenvalue weighted by atomic mass is 10.3. The summed E-state index contributed by atoms with van der Waals surface area (Å²) in [5, 5.41) is 2.77. The molecule has 2 rings (SSSR count). The highest BCUT2D eigenvalue weighted by Crippen LogP contribution is 2.21. The summed E-state index contributed by atoms with van der Waals surface area (Å²) in [4.78, 5) is 22.4. The average Bonchev–Trinajstić information content (AvgIpc) is 2.87. The van der Waals surface area contributed by atoms with E-state index in [2.05, 4.69) is 9.97 Å². The molecule has 0 saturated carbocycles. The Kier molecular flexibility index (Phi) is 5.27. The normalized spacial score (nSPS) is 10.4. The summed E-state index contributed by atoms with van der Waals surface area (Å²) in [6, 6.07) is 5.97. The fourth-order valence-electron chi connectivity index (χ4n) is 1.91. The van der Waals surface area contributed by atoms with Crippen molar-refractivity contribution in [1.82, 2.24) is 9.97 Å². The van der Waals surface area contributed by atoms with Crippen LogP contribution in [0.15, 0.2) is 23.6 Å². The van der Waals surface area contributed by atoms with Crippen molar-refractivity contribution in [1.29, 1.82) is 0 Å². The largest absolute Gasteiger partial charge is 0.466 e. The van der Waals surface area contributed by atoms with Crippen molar-refractivity contribution in [3.8, 4) is 0 Å².